The van der Waals surface area contributed by atoms with Crippen LogP contribution >= 0.6 is 0 Å². The van der Waals surface area contributed by atoms with E-state index in [1.54, 1.807) is 4.90 Å². The number of anilines is 1. The summed E-state index contributed by atoms with van der Waals surface area (Å²) in [5, 5.41) is 4.75. The second-order valence-corrected chi connectivity index (χ2v) is 10.7. The molecule has 0 spiro atoms. The predicted octanol–water partition coefficient (Wildman–Crippen LogP) is 3.45. The fourth-order valence-electron chi connectivity index (χ4n) is 4.84. The summed E-state index contributed by atoms with van der Waals surface area (Å²) in [5.41, 5.74) is 10.2. The summed E-state index contributed by atoms with van der Waals surface area (Å²) >= 11 is 0. The maximum absolute atomic E-state index is 13.6. The van der Waals surface area contributed by atoms with E-state index in [-0.39, 0.29) is 19.1 Å². The molecule has 11 heteroatoms. The number of pyridine rings is 1. The minimum atomic E-state index is -0.649. The van der Waals surface area contributed by atoms with E-state index in [0.29, 0.717) is 30.1 Å². The van der Waals surface area contributed by atoms with Crippen LogP contribution in [0.4, 0.5) is 10.7 Å². The van der Waals surface area contributed by atoms with Gasteiger partial charge < -0.3 is 15.2 Å². The molecule has 11 nitrogen and oxygen atoms in total. The van der Waals surface area contributed by atoms with Crippen molar-refractivity contribution in [3.8, 4) is 22.4 Å². The number of ether oxygens (including phenoxy) is 2. The number of aryl methyl sites for hydroxylation is 2. The third kappa shape index (κ3) is 5.35. The first-order valence-electron chi connectivity index (χ1n) is 12.9. The molecule has 4 aromatic rings. The minimum absolute atomic E-state index is 0.0234. The van der Waals surface area contributed by atoms with Crippen LogP contribution in [-0.4, -0.2) is 66.5 Å². The summed E-state index contributed by atoms with van der Waals surface area (Å²) in [6, 6.07) is 13.1. The number of hydrogen-bond donors (Lipinski definition) is 1. The molecule has 0 radical (unpaired) electrons. The quantitative estimate of drug-likeness (QED) is 0.424. The molecule has 1 fully saturated rings. The molecule has 0 bridgehead atoms. The highest BCUT2D eigenvalue weighted by atomic mass is 16.6. The van der Waals surface area contributed by atoms with Crippen LogP contribution in [0.1, 0.15) is 32.2 Å². The van der Waals surface area contributed by atoms with Gasteiger partial charge in [0.1, 0.15) is 5.60 Å². The molecule has 204 valence electrons. The molecule has 1 aliphatic rings. The first kappa shape index (κ1) is 26.4. The zero-order chi connectivity index (χ0) is 27.9. The van der Waals surface area contributed by atoms with E-state index in [9.17, 15) is 9.59 Å². The van der Waals surface area contributed by atoms with E-state index in [1.807, 2.05) is 77.1 Å². The standard InChI is InChI=1S/C28H33N7O4/c1-17-13-20(14-18(2)30-17)22-23(19-9-7-6-8-10-19)31-25(29)35-24(22)32-34(26(35)36)15-21-16-38-12-11-33(21)27(37)39-28(3,4)5/h6-10,13-14,21H,11-12,15-16H2,1-5H3,(H2,29,31)/t21-/m0/s1. The van der Waals surface area contributed by atoms with Crippen LogP contribution < -0.4 is 11.4 Å². The molecule has 39 heavy (non-hydrogen) atoms. The number of nitrogen functional groups attached to an aromatic ring is 1. The molecular formula is C28H33N7O4. The number of benzene rings is 1. The first-order valence-corrected chi connectivity index (χ1v) is 12.9. The third-order valence-electron chi connectivity index (χ3n) is 6.41. The summed E-state index contributed by atoms with van der Waals surface area (Å²) in [6.45, 7) is 10.4. The van der Waals surface area contributed by atoms with Gasteiger partial charge in [-0.3, -0.25) is 9.88 Å². The van der Waals surface area contributed by atoms with Crippen LogP contribution in [0.3, 0.4) is 0 Å². The van der Waals surface area contributed by atoms with Gasteiger partial charge in [-0.1, -0.05) is 30.3 Å². The van der Waals surface area contributed by atoms with Crippen molar-refractivity contribution < 1.29 is 14.3 Å². The second kappa shape index (κ2) is 10.1. The first-order chi connectivity index (χ1) is 18.5. The van der Waals surface area contributed by atoms with Crippen molar-refractivity contribution in [2.45, 2.75) is 52.8 Å². The van der Waals surface area contributed by atoms with Crippen molar-refractivity contribution in [1.82, 2.24) is 29.0 Å². The van der Waals surface area contributed by atoms with Crippen LogP contribution in [0, 0.1) is 13.8 Å². The summed E-state index contributed by atoms with van der Waals surface area (Å²) in [6.07, 6.45) is -0.455. The normalized spacial score (nSPS) is 16.0. The summed E-state index contributed by atoms with van der Waals surface area (Å²) < 4.78 is 13.9. The van der Waals surface area contributed by atoms with E-state index >= 15 is 0 Å². The molecule has 1 aromatic carbocycles. The lowest BCUT2D eigenvalue weighted by Crippen LogP contribution is -2.52. The number of carbonyl (C=O) groups excluding carboxylic acids is 1. The molecule has 0 aliphatic carbocycles. The van der Waals surface area contributed by atoms with E-state index in [1.165, 1.54) is 9.08 Å². The molecule has 2 N–H and O–H groups in total. The monoisotopic (exact) mass is 531 g/mol. The van der Waals surface area contributed by atoms with E-state index in [0.717, 1.165) is 22.5 Å². The van der Waals surface area contributed by atoms with Gasteiger partial charge in [-0.25, -0.2) is 23.7 Å². The molecule has 4 heterocycles. The molecular weight excluding hydrogens is 498 g/mol. The van der Waals surface area contributed by atoms with Crippen LogP contribution in [0.25, 0.3) is 28.0 Å². The molecule has 0 saturated carbocycles. The average molecular weight is 532 g/mol. The molecule has 5 rings (SSSR count). The number of fused-ring (bicyclic) bond motifs is 1. The fraction of sp³-hybridized carbons (Fsp3) is 0.393. The van der Waals surface area contributed by atoms with E-state index < -0.39 is 23.4 Å². The van der Waals surface area contributed by atoms with Crippen LogP contribution in [0.5, 0.6) is 0 Å². The number of aromatic nitrogens is 5. The van der Waals surface area contributed by atoms with Gasteiger partial charge in [0.15, 0.2) is 5.65 Å². The number of nitrogens with two attached hydrogens (primary N) is 1. The molecule has 1 aliphatic heterocycles. The largest absolute Gasteiger partial charge is 0.444 e. The van der Waals surface area contributed by atoms with Gasteiger partial charge in [-0.05, 0) is 52.3 Å². The van der Waals surface area contributed by atoms with Gasteiger partial charge >= 0.3 is 11.8 Å². The van der Waals surface area contributed by atoms with Crippen LogP contribution in [0.15, 0.2) is 47.3 Å². The van der Waals surface area contributed by atoms with Crippen molar-refractivity contribution in [3.05, 3.63) is 64.3 Å². The second-order valence-electron chi connectivity index (χ2n) is 10.7. The molecule has 1 atom stereocenters. The Balaban J connectivity index is 1.65. The molecule has 1 saturated heterocycles. The highest BCUT2D eigenvalue weighted by Crippen LogP contribution is 2.34. The van der Waals surface area contributed by atoms with E-state index in [2.05, 4.69) is 9.97 Å². The third-order valence-corrected chi connectivity index (χ3v) is 6.41. The Morgan fingerprint density at radius 3 is 2.46 bits per heavy atom. The van der Waals surface area contributed by atoms with E-state index in [4.69, 9.17) is 20.3 Å². The number of morpholine rings is 1. The van der Waals surface area contributed by atoms with Crippen LogP contribution in [0.2, 0.25) is 0 Å². The lowest BCUT2D eigenvalue weighted by Gasteiger charge is -2.36. The number of carbonyl (C=O) groups is 1. The SMILES string of the molecule is Cc1cc(-c2c(-c3ccccc3)nc(N)n3c(=O)n(C[C@H]4COCCN4C(=O)OC(C)(C)C)nc23)cc(C)n1. The maximum atomic E-state index is 13.6. The van der Waals surface area contributed by atoms with Crippen molar-refractivity contribution in [2.24, 2.45) is 0 Å². The number of nitrogens with zero attached hydrogens (tertiary/aromatic N) is 6. The molecule has 0 unspecified atom stereocenters. The zero-order valence-electron chi connectivity index (χ0n) is 22.8. The Morgan fingerprint density at radius 2 is 1.79 bits per heavy atom. The maximum Gasteiger partial charge on any atom is 0.410 e. The Hall–Kier alpha value is -4.25. The van der Waals surface area contributed by atoms with Gasteiger partial charge in [0.25, 0.3) is 0 Å². The number of amides is 1. The van der Waals surface area contributed by atoms with Crippen molar-refractivity contribution >= 4 is 17.7 Å². The summed E-state index contributed by atoms with van der Waals surface area (Å²) in [5.74, 6) is 0.0234. The Morgan fingerprint density at radius 1 is 1.10 bits per heavy atom. The van der Waals surface area contributed by atoms with Crippen LogP contribution in [-0.2, 0) is 16.0 Å². The smallest absolute Gasteiger partial charge is 0.410 e. The van der Waals surface area contributed by atoms with Gasteiger partial charge in [-0.15, -0.1) is 5.10 Å². The average Bonchev–Trinajstić information content (AvgIpc) is 3.19. The number of rotatable bonds is 4. The topological polar surface area (TPSA) is 130 Å². The Kier molecular flexibility index (Phi) is 6.85. The lowest BCUT2D eigenvalue weighted by molar-refractivity contribution is -0.0367. The van der Waals surface area contributed by atoms with Gasteiger partial charge in [0.05, 0.1) is 37.1 Å². The Bertz CT molecular complexity index is 1570. The Labute approximate surface area is 226 Å². The zero-order valence-corrected chi connectivity index (χ0v) is 22.8. The summed E-state index contributed by atoms with van der Waals surface area (Å²) in [4.78, 5) is 37.4. The van der Waals surface area contributed by atoms with Crippen molar-refractivity contribution in [3.63, 3.8) is 0 Å². The number of hydrogen-bond acceptors (Lipinski definition) is 8. The molecule has 3 aromatic heterocycles. The van der Waals surface area contributed by atoms with Crippen molar-refractivity contribution in [2.75, 3.05) is 25.5 Å². The minimum Gasteiger partial charge on any atom is -0.444 e. The predicted molar refractivity (Wildman–Crippen MR) is 147 cm³/mol. The molecule has 1 amide bonds. The van der Waals surface area contributed by atoms with Gasteiger partial charge in [-0.2, -0.15) is 0 Å². The fourth-order valence-corrected chi connectivity index (χ4v) is 4.84. The highest BCUT2D eigenvalue weighted by Gasteiger charge is 2.32. The van der Waals surface area contributed by atoms with Gasteiger partial charge in [0.2, 0.25) is 5.95 Å². The highest BCUT2D eigenvalue weighted by molar-refractivity contribution is 5.90. The lowest BCUT2D eigenvalue weighted by atomic mass is 9.99. The van der Waals surface area contributed by atoms with Crippen molar-refractivity contribution in [1.29, 1.82) is 0 Å². The van der Waals surface area contributed by atoms with Gasteiger partial charge in [0, 0.05) is 23.5 Å². The summed E-state index contributed by atoms with van der Waals surface area (Å²) in [7, 11) is 0.